The zero-order chi connectivity index (χ0) is 17.9. The molecular weight excluding hydrogens is 338 g/mol. The lowest BCUT2D eigenvalue weighted by Gasteiger charge is -2.38. The molecule has 2 aliphatic heterocycles. The first-order valence-corrected chi connectivity index (χ1v) is 10.4. The normalized spacial score (nSPS) is 24.7. The zero-order valence-corrected chi connectivity index (χ0v) is 15.7. The Kier molecular flexibility index (Phi) is 5.13. The van der Waals surface area contributed by atoms with Crippen molar-refractivity contribution >= 4 is 17.5 Å². The lowest BCUT2D eigenvalue weighted by atomic mass is 9.84. The van der Waals surface area contributed by atoms with Crippen LogP contribution in [0.25, 0.3) is 11.1 Å². The van der Waals surface area contributed by atoms with Crippen molar-refractivity contribution in [1.82, 2.24) is 0 Å². The molecule has 2 atom stereocenters. The summed E-state index contributed by atoms with van der Waals surface area (Å²) < 4.78 is 0. The third-order valence-corrected chi connectivity index (χ3v) is 7.30. The fourth-order valence-corrected chi connectivity index (χ4v) is 6.14. The van der Waals surface area contributed by atoms with Crippen LogP contribution in [0.2, 0.25) is 0 Å². The summed E-state index contributed by atoms with van der Waals surface area (Å²) in [5, 5.41) is 10.7. The molecule has 0 N–H and O–H groups in total. The number of carbonyl (C=O) groups is 1. The number of benzene rings is 2. The Hall–Kier alpha value is -2.05. The highest BCUT2D eigenvalue weighted by atomic mass is 32.2. The van der Waals surface area contributed by atoms with Crippen LogP contribution in [0, 0.1) is 17.2 Å². The molecule has 2 aromatic carbocycles. The molecule has 0 aromatic heterocycles. The number of hydrogen-bond donors (Lipinski definition) is 0. The van der Waals surface area contributed by atoms with Crippen molar-refractivity contribution in [3.8, 4) is 17.2 Å². The van der Waals surface area contributed by atoms with Gasteiger partial charge in [-0.1, -0.05) is 48.9 Å². The van der Waals surface area contributed by atoms with Crippen LogP contribution in [-0.4, -0.2) is 16.3 Å². The number of nitrogens with zero attached hydrogens (tertiary/aromatic N) is 1. The summed E-state index contributed by atoms with van der Waals surface area (Å²) in [6.07, 6.45) is 6.61. The van der Waals surface area contributed by atoms with Crippen LogP contribution in [0.4, 0.5) is 0 Å². The van der Waals surface area contributed by atoms with Gasteiger partial charge in [0.2, 0.25) is 0 Å². The first-order chi connectivity index (χ1) is 12.7. The van der Waals surface area contributed by atoms with Gasteiger partial charge >= 0.3 is 0 Å². The Morgan fingerprint density at radius 2 is 1.73 bits per heavy atom. The average molecular weight is 362 g/mol. The van der Waals surface area contributed by atoms with E-state index in [1.165, 1.54) is 19.3 Å². The maximum Gasteiger partial charge on any atom is 0.140 e. The van der Waals surface area contributed by atoms with Gasteiger partial charge in [0.15, 0.2) is 0 Å². The van der Waals surface area contributed by atoms with E-state index in [1.807, 2.05) is 48.5 Å². The molecule has 0 amide bonds. The Bertz CT molecular complexity index is 824. The lowest BCUT2D eigenvalue weighted by Crippen LogP contribution is -2.33. The van der Waals surface area contributed by atoms with Crippen molar-refractivity contribution in [3.63, 3.8) is 0 Å². The molecule has 3 heteroatoms. The first kappa shape index (κ1) is 17.4. The molecule has 2 aliphatic rings. The quantitative estimate of drug-likeness (QED) is 0.732. The fourth-order valence-electron chi connectivity index (χ4n) is 4.30. The predicted molar refractivity (Wildman–Crippen MR) is 107 cm³/mol. The minimum atomic E-state index is 0.255. The van der Waals surface area contributed by atoms with E-state index in [1.54, 1.807) is 0 Å². The lowest BCUT2D eigenvalue weighted by molar-refractivity contribution is -0.122. The molecule has 0 aliphatic carbocycles. The van der Waals surface area contributed by atoms with Gasteiger partial charge in [-0.3, -0.25) is 4.79 Å². The Morgan fingerprint density at radius 3 is 2.42 bits per heavy atom. The summed E-state index contributed by atoms with van der Waals surface area (Å²) >= 11 is 2.13. The topological polar surface area (TPSA) is 40.9 Å². The van der Waals surface area contributed by atoms with Gasteiger partial charge in [-0.2, -0.15) is 17.0 Å². The molecule has 132 valence electrons. The zero-order valence-electron chi connectivity index (χ0n) is 14.9. The number of rotatable bonds is 4. The van der Waals surface area contributed by atoms with Crippen molar-refractivity contribution in [2.45, 2.75) is 49.0 Å². The first-order valence-electron chi connectivity index (χ1n) is 9.49. The number of carbonyl (C=O) groups excluding carboxylic acids is 1. The minimum Gasteiger partial charge on any atom is -0.299 e. The second-order valence-electron chi connectivity index (χ2n) is 7.48. The van der Waals surface area contributed by atoms with Crippen LogP contribution in [-0.2, 0) is 11.2 Å². The molecule has 2 saturated heterocycles. The van der Waals surface area contributed by atoms with Gasteiger partial charge < -0.3 is 0 Å². The molecular formula is C23H23NOS. The van der Waals surface area contributed by atoms with Crippen molar-refractivity contribution in [2.24, 2.45) is 5.92 Å². The van der Waals surface area contributed by atoms with E-state index in [0.29, 0.717) is 28.3 Å². The molecule has 2 nitrogen and oxygen atoms in total. The van der Waals surface area contributed by atoms with Crippen molar-refractivity contribution in [2.75, 3.05) is 0 Å². The van der Waals surface area contributed by atoms with Gasteiger partial charge in [-0.25, -0.2) is 0 Å². The predicted octanol–water partition coefficient (Wildman–Crippen LogP) is 5.40. The molecule has 2 bridgehead atoms. The number of Topliss-reactive ketones (excluding diaryl/α,β-unsaturated/α-hetero) is 1. The highest BCUT2D eigenvalue weighted by molar-refractivity contribution is 8.00. The van der Waals surface area contributed by atoms with Gasteiger partial charge in [-0.05, 0) is 48.4 Å². The maximum atomic E-state index is 12.8. The van der Waals surface area contributed by atoms with E-state index in [-0.39, 0.29) is 5.92 Å². The second-order valence-corrected chi connectivity index (χ2v) is 9.08. The summed E-state index contributed by atoms with van der Waals surface area (Å²) in [5.41, 5.74) is 3.74. The van der Waals surface area contributed by atoms with Crippen molar-refractivity contribution < 1.29 is 4.79 Å². The molecule has 2 aromatic rings. The van der Waals surface area contributed by atoms with Crippen LogP contribution in [0.3, 0.4) is 0 Å². The maximum absolute atomic E-state index is 12.8. The minimum absolute atomic E-state index is 0.255. The number of ketones is 1. The molecule has 0 radical (unpaired) electrons. The number of thioether (sulfide) groups is 1. The van der Waals surface area contributed by atoms with Gasteiger partial charge in [0, 0.05) is 22.8 Å². The summed E-state index contributed by atoms with van der Waals surface area (Å²) in [6.45, 7) is 0. The standard InChI is InChI=1S/C23H23NOS/c24-15-18-4-1-2-7-22(18)17-10-8-16(9-11-17)12-23(25)19-13-20-5-3-6-21(14-19)26-20/h1-2,4,7-11,19-21H,3,5-6,12-14H2. The third kappa shape index (κ3) is 3.71. The highest BCUT2D eigenvalue weighted by Gasteiger charge is 2.35. The van der Waals surface area contributed by atoms with E-state index in [0.717, 1.165) is 29.5 Å². The van der Waals surface area contributed by atoms with Crippen LogP contribution < -0.4 is 0 Å². The Morgan fingerprint density at radius 1 is 1.04 bits per heavy atom. The monoisotopic (exact) mass is 361 g/mol. The van der Waals surface area contributed by atoms with E-state index in [2.05, 4.69) is 17.8 Å². The summed E-state index contributed by atoms with van der Waals surface area (Å²) in [4.78, 5) is 12.8. The third-order valence-electron chi connectivity index (χ3n) is 5.68. The van der Waals surface area contributed by atoms with Crippen molar-refractivity contribution in [3.05, 3.63) is 59.7 Å². The molecule has 2 heterocycles. The molecule has 0 spiro atoms. The molecule has 2 fully saturated rings. The molecule has 26 heavy (non-hydrogen) atoms. The largest absolute Gasteiger partial charge is 0.299 e. The summed E-state index contributed by atoms with van der Waals surface area (Å²) in [7, 11) is 0. The summed E-state index contributed by atoms with van der Waals surface area (Å²) in [6, 6.07) is 18.0. The molecule has 2 unspecified atom stereocenters. The highest BCUT2D eigenvalue weighted by Crippen LogP contribution is 2.44. The van der Waals surface area contributed by atoms with Gasteiger partial charge in [-0.15, -0.1) is 0 Å². The second kappa shape index (κ2) is 7.68. The Balaban J connectivity index is 1.44. The SMILES string of the molecule is N#Cc1ccccc1-c1ccc(CC(=O)C2CC3CCCC(C2)S3)cc1. The average Bonchev–Trinajstić information content (AvgIpc) is 2.68. The van der Waals surface area contributed by atoms with Gasteiger partial charge in [0.1, 0.15) is 5.78 Å². The fraction of sp³-hybridized carbons (Fsp3) is 0.391. The molecule has 4 rings (SSSR count). The van der Waals surface area contributed by atoms with Gasteiger partial charge in [0.25, 0.3) is 0 Å². The van der Waals surface area contributed by atoms with Crippen molar-refractivity contribution in [1.29, 1.82) is 5.26 Å². The van der Waals surface area contributed by atoms with E-state index in [4.69, 9.17) is 0 Å². The van der Waals surface area contributed by atoms with E-state index in [9.17, 15) is 10.1 Å². The summed E-state index contributed by atoms with van der Waals surface area (Å²) in [5.74, 6) is 0.665. The van der Waals surface area contributed by atoms with Crippen LogP contribution in [0.15, 0.2) is 48.5 Å². The van der Waals surface area contributed by atoms with Crippen LogP contribution >= 0.6 is 11.8 Å². The Labute approximate surface area is 159 Å². The van der Waals surface area contributed by atoms with Gasteiger partial charge in [0.05, 0.1) is 11.6 Å². The van der Waals surface area contributed by atoms with E-state index >= 15 is 0 Å². The number of hydrogen-bond acceptors (Lipinski definition) is 3. The molecule has 0 saturated carbocycles. The number of nitriles is 1. The number of fused-ring (bicyclic) bond motifs is 2. The smallest absolute Gasteiger partial charge is 0.140 e. The van der Waals surface area contributed by atoms with Crippen LogP contribution in [0.5, 0.6) is 0 Å². The van der Waals surface area contributed by atoms with Crippen LogP contribution in [0.1, 0.15) is 43.2 Å². The van der Waals surface area contributed by atoms with E-state index < -0.39 is 0 Å².